The molecule has 2 N–H and O–H groups in total. The first-order valence-electron chi connectivity index (χ1n) is 7.31. The molecule has 0 spiro atoms. The first-order valence-corrected chi connectivity index (χ1v) is 7.31. The van der Waals surface area contributed by atoms with Crippen molar-refractivity contribution in [3.05, 3.63) is 35.4 Å². The minimum absolute atomic E-state index is 0.381. The van der Waals surface area contributed by atoms with Crippen molar-refractivity contribution < 1.29 is 9.90 Å². The van der Waals surface area contributed by atoms with Gasteiger partial charge in [0.1, 0.15) is 0 Å². The van der Waals surface area contributed by atoms with Crippen LogP contribution in [0.2, 0.25) is 0 Å². The summed E-state index contributed by atoms with van der Waals surface area (Å²) in [6.45, 7) is 0.938. The highest BCUT2D eigenvalue weighted by Crippen LogP contribution is 2.17. The Labute approximate surface area is 115 Å². The number of benzene rings is 1. The van der Waals surface area contributed by atoms with Gasteiger partial charge in [-0.25, -0.2) is 4.79 Å². The molecule has 0 amide bonds. The zero-order chi connectivity index (χ0) is 13.5. The first kappa shape index (κ1) is 14.1. The Balaban J connectivity index is 1.78. The van der Waals surface area contributed by atoms with Gasteiger partial charge in [0.15, 0.2) is 0 Å². The lowest BCUT2D eigenvalue weighted by molar-refractivity contribution is 0.0696. The highest BCUT2D eigenvalue weighted by molar-refractivity contribution is 5.87. The van der Waals surface area contributed by atoms with Crippen molar-refractivity contribution >= 4 is 5.97 Å². The van der Waals surface area contributed by atoms with Gasteiger partial charge in [-0.05, 0) is 43.5 Å². The van der Waals surface area contributed by atoms with E-state index in [1.165, 1.54) is 38.5 Å². The van der Waals surface area contributed by atoms with Gasteiger partial charge in [-0.15, -0.1) is 0 Å². The van der Waals surface area contributed by atoms with Crippen LogP contribution in [0.3, 0.4) is 0 Å². The third kappa shape index (κ3) is 4.67. The zero-order valence-electron chi connectivity index (χ0n) is 11.4. The van der Waals surface area contributed by atoms with E-state index >= 15 is 0 Å². The Kier molecular flexibility index (Phi) is 5.40. The fourth-order valence-corrected chi connectivity index (χ4v) is 2.76. The Morgan fingerprint density at radius 2 is 1.95 bits per heavy atom. The largest absolute Gasteiger partial charge is 0.478 e. The number of hydrogen-bond acceptors (Lipinski definition) is 2. The van der Waals surface area contributed by atoms with Gasteiger partial charge in [0.2, 0.25) is 0 Å². The summed E-state index contributed by atoms with van der Waals surface area (Å²) in [5.74, 6) is -0.849. The summed E-state index contributed by atoms with van der Waals surface area (Å²) in [4.78, 5) is 10.9. The number of carboxylic acid groups (broad SMARTS) is 1. The number of aromatic carboxylic acids is 1. The second kappa shape index (κ2) is 7.29. The van der Waals surface area contributed by atoms with Crippen LogP contribution in [0.5, 0.6) is 0 Å². The van der Waals surface area contributed by atoms with Crippen LogP contribution in [-0.2, 0) is 6.42 Å². The first-order chi connectivity index (χ1) is 9.25. The molecule has 1 fully saturated rings. The molecule has 0 aromatic heterocycles. The van der Waals surface area contributed by atoms with Crippen molar-refractivity contribution in [2.45, 2.75) is 51.0 Å². The van der Waals surface area contributed by atoms with Crippen LogP contribution in [0, 0.1) is 0 Å². The number of carboxylic acids is 1. The average Bonchev–Trinajstić information content (AvgIpc) is 2.68. The predicted octanol–water partition coefficient (Wildman–Crippen LogP) is 3.24. The second-order valence-corrected chi connectivity index (χ2v) is 5.40. The molecule has 0 heterocycles. The molecular formula is C16H23NO2. The molecule has 19 heavy (non-hydrogen) atoms. The van der Waals surface area contributed by atoms with Crippen LogP contribution < -0.4 is 5.32 Å². The molecular weight excluding hydrogens is 238 g/mol. The highest BCUT2D eigenvalue weighted by atomic mass is 16.4. The number of hydrogen-bond donors (Lipinski definition) is 2. The Morgan fingerprint density at radius 3 is 2.63 bits per heavy atom. The van der Waals surface area contributed by atoms with Gasteiger partial charge in [-0.1, -0.05) is 37.8 Å². The van der Waals surface area contributed by atoms with Crippen LogP contribution in [0.4, 0.5) is 0 Å². The van der Waals surface area contributed by atoms with Gasteiger partial charge in [-0.3, -0.25) is 0 Å². The summed E-state index contributed by atoms with van der Waals surface area (Å²) in [5.41, 5.74) is 1.48. The molecule has 3 heteroatoms. The summed E-state index contributed by atoms with van der Waals surface area (Å²) in [5, 5.41) is 12.6. The number of rotatable bonds is 5. The molecule has 0 radical (unpaired) electrons. The van der Waals surface area contributed by atoms with Gasteiger partial charge in [0.25, 0.3) is 0 Å². The van der Waals surface area contributed by atoms with E-state index in [4.69, 9.17) is 5.11 Å². The molecule has 1 saturated carbocycles. The molecule has 2 rings (SSSR count). The lowest BCUT2D eigenvalue weighted by Crippen LogP contribution is -2.30. The van der Waals surface area contributed by atoms with Crippen LogP contribution in [0.15, 0.2) is 24.3 Å². The summed E-state index contributed by atoms with van der Waals surface area (Å²) < 4.78 is 0. The Bertz CT molecular complexity index is 409. The van der Waals surface area contributed by atoms with Crippen molar-refractivity contribution in [1.29, 1.82) is 0 Å². The monoisotopic (exact) mass is 261 g/mol. The topological polar surface area (TPSA) is 49.3 Å². The number of nitrogens with one attached hydrogen (secondary N) is 1. The smallest absolute Gasteiger partial charge is 0.335 e. The van der Waals surface area contributed by atoms with E-state index in [0.29, 0.717) is 11.6 Å². The lowest BCUT2D eigenvalue weighted by atomic mass is 10.1. The third-order valence-electron chi connectivity index (χ3n) is 3.88. The summed E-state index contributed by atoms with van der Waals surface area (Å²) in [6, 6.07) is 7.90. The van der Waals surface area contributed by atoms with Gasteiger partial charge in [0, 0.05) is 6.04 Å². The molecule has 1 aliphatic rings. The van der Waals surface area contributed by atoms with E-state index in [1.807, 2.05) is 12.1 Å². The molecule has 0 saturated heterocycles. The van der Waals surface area contributed by atoms with Gasteiger partial charge in [-0.2, -0.15) is 0 Å². The zero-order valence-corrected chi connectivity index (χ0v) is 11.4. The molecule has 0 bridgehead atoms. The van der Waals surface area contributed by atoms with Gasteiger partial charge < -0.3 is 10.4 Å². The maximum absolute atomic E-state index is 10.9. The van der Waals surface area contributed by atoms with E-state index in [0.717, 1.165) is 18.5 Å². The lowest BCUT2D eigenvalue weighted by Gasteiger charge is -2.16. The van der Waals surface area contributed by atoms with E-state index in [1.54, 1.807) is 12.1 Å². The summed E-state index contributed by atoms with van der Waals surface area (Å²) in [6.07, 6.45) is 8.90. The van der Waals surface area contributed by atoms with Crippen LogP contribution >= 0.6 is 0 Å². The molecule has 1 aliphatic carbocycles. The molecule has 104 valence electrons. The summed E-state index contributed by atoms with van der Waals surface area (Å²) >= 11 is 0. The van der Waals surface area contributed by atoms with Gasteiger partial charge in [0.05, 0.1) is 5.56 Å². The van der Waals surface area contributed by atoms with Crippen LogP contribution in [0.25, 0.3) is 0 Å². The Hall–Kier alpha value is -1.35. The van der Waals surface area contributed by atoms with E-state index in [9.17, 15) is 4.79 Å². The van der Waals surface area contributed by atoms with Crippen molar-refractivity contribution in [2.24, 2.45) is 0 Å². The van der Waals surface area contributed by atoms with Gasteiger partial charge >= 0.3 is 5.97 Å². The van der Waals surface area contributed by atoms with E-state index in [2.05, 4.69) is 5.32 Å². The van der Waals surface area contributed by atoms with Crippen molar-refractivity contribution in [2.75, 3.05) is 6.54 Å². The van der Waals surface area contributed by atoms with Crippen molar-refractivity contribution in [1.82, 2.24) is 5.32 Å². The maximum Gasteiger partial charge on any atom is 0.335 e. The summed E-state index contributed by atoms with van der Waals surface area (Å²) in [7, 11) is 0. The standard InChI is InChI=1S/C16H23NO2/c18-16(19)14-7-5-6-13(12-14)10-11-17-15-8-3-1-2-4-9-15/h5-7,12,15,17H,1-4,8-11H2,(H,18,19). The number of carbonyl (C=O) groups is 1. The molecule has 0 atom stereocenters. The minimum atomic E-state index is -0.849. The molecule has 1 aromatic rings. The SMILES string of the molecule is O=C(O)c1cccc(CCNC2CCCCCC2)c1. The van der Waals surface area contributed by atoms with E-state index in [-0.39, 0.29) is 0 Å². The Morgan fingerprint density at radius 1 is 1.21 bits per heavy atom. The molecule has 0 aliphatic heterocycles. The second-order valence-electron chi connectivity index (χ2n) is 5.40. The van der Waals surface area contributed by atoms with Crippen LogP contribution in [-0.4, -0.2) is 23.7 Å². The fourth-order valence-electron chi connectivity index (χ4n) is 2.76. The quantitative estimate of drug-likeness (QED) is 0.800. The van der Waals surface area contributed by atoms with Crippen molar-refractivity contribution in [3.63, 3.8) is 0 Å². The average molecular weight is 261 g/mol. The maximum atomic E-state index is 10.9. The molecule has 1 aromatic carbocycles. The third-order valence-corrected chi connectivity index (χ3v) is 3.88. The normalized spacial score (nSPS) is 17.1. The fraction of sp³-hybridized carbons (Fsp3) is 0.562. The minimum Gasteiger partial charge on any atom is -0.478 e. The molecule has 0 unspecified atom stereocenters. The van der Waals surface area contributed by atoms with E-state index < -0.39 is 5.97 Å². The highest BCUT2D eigenvalue weighted by Gasteiger charge is 2.11. The predicted molar refractivity (Wildman–Crippen MR) is 76.6 cm³/mol. The van der Waals surface area contributed by atoms with Crippen LogP contribution in [0.1, 0.15) is 54.4 Å². The van der Waals surface area contributed by atoms with Crippen molar-refractivity contribution in [3.8, 4) is 0 Å². The molecule has 3 nitrogen and oxygen atoms in total.